The number of nitrogens with zero attached hydrogens (tertiary/aromatic N) is 1. The van der Waals surface area contributed by atoms with Crippen LogP contribution in [0.4, 0.5) is 0 Å². The first-order valence-corrected chi connectivity index (χ1v) is 7.03. The predicted octanol–water partition coefficient (Wildman–Crippen LogP) is 3.77. The maximum absolute atomic E-state index is 12.1. The highest BCUT2D eigenvalue weighted by atomic mass is 16.2. The van der Waals surface area contributed by atoms with E-state index >= 15 is 0 Å². The van der Waals surface area contributed by atoms with E-state index in [1.165, 1.54) is 32.1 Å². The number of allylic oxidation sites excluding steroid dienone is 1. The Hall–Kier alpha value is -0.790. The summed E-state index contributed by atoms with van der Waals surface area (Å²) in [4.78, 5) is 14.1. The summed E-state index contributed by atoms with van der Waals surface area (Å²) in [5.74, 6) is 0.800. The molecule has 1 saturated carbocycles. The predicted molar refractivity (Wildman–Crippen MR) is 72.8 cm³/mol. The molecule has 0 heterocycles. The smallest absolute Gasteiger partial charge is 0.246 e. The van der Waals surface area contributed by atoms with Crippen molar-refractivity contribution in [3.8, 4) is 0 Å². The topological polar surface area (TPSA) is 20.3 Å². The van der Waals surface area contributed by atoms with E-state index in [2.05, 4.69) is 33.8 Å². The number of rotatable bonds is 4. The zero-order valence-electron chi connectivity index (χ0n) is 11.8. The van der Waals surface area contributed by atoms with Crippen LogP contribution in [0.25, 0.3) is 0 Å². The first-order valence-electron chi connectivity index (χ1n) is 7.03. The van der Waals surface area contributed by atoms with Crippen molar-refractivity contribution in [2.45, 2.75) is 71.9 Å². The number of hydrogen-bond donors (Lipinski definition) is 0. The molecular weight excluding hydrogens is 210 g/mol. The van der Waals surface area contributed by atoms with Crippen molar-refractivity contribution in [2.24, 2.45) is 5.92 Å². The van der Waals surface area contributed by atoms with Gasteiger partial charge in [-0.2, -0.15) is 0 Å². The van der Waals surface area contributed by atoms with Crippen molar-refractivity contribution in [1.82, 2.24) is 4.90 Å². The Morgan fingerprint density at radius 2 is 1.59 bits per heavy atom. The Labute approximate surface area is 106 Å². The summed E-state index contributed by atoms with van der Waals surface area (Å²) in [5.41, 5.74) is 0. The summed E-state index contributed by atoms with van der Waals surface area (Å²) in [6.07, 6.45) is 10.5. The molecule has 0 aromatic carbocycles. The van der Waals surface area contributed by atoms with Crippen LogP contribution in [0.3, 0.4) is 0 Å². The summed E-state index contributed by atoms with van der Waals surface area (Å²) in [5, 5.41) is 0. The third-order valence-corrected chi connectivity index (χ3v) is 3.53. The second kappa shape index (κ2) is 6.83. The van der Waals surface area contributed by atoms with Crippen LogP contribution >= 0.6 is 0 Å². The van der Waals surface area contributed by atoms with Crippen LogP contribution < -0.4 is 0 Å². The Morgan fingerprint density at radius 1 is 1.06 bits per heavy atom. The van der Waals surface area contributed by atoms with Gasteiger partial charge in [-0.15, -0.1) is 0 Å². The van der Waals surface area contributed by atoms with Crippen LogP contribution in [0, 0.1) is 5.92 Å². The molecule has 1 rings (SSSR count). The minimum absolute atomic E-state index is 0.167. The fourth-order valence-electron chi connectivity index (χ4n) is 2.74. The van der Waals surface area contributed by atoms with Crippen LogP contribution in [0.1, 0.15) is 59.8 Å². The highest BCUT2D eigenvalue weighted by Gasteiger charge is 2.18. The lowest BCUT2D eigenvalue weighted by Gasteiger charge is -2.30. The van der Waals surface area contributed by atoms with Crippen molar-refractivity contribution >= 4 is 5.91 Å². The van der Waals surface area contributed by atoms with E-state index in [9.17, 15) is 4.79 Å². The molecule has 0 saturated heterocycles. The molecule has 0 radical (unpaired) electrons. The maximum atomic E-state index is 12.1. The van der Waals surface area contributed by atoms with E-state index < -0.39 is 0 Å². The molecule has 0 atom stereocenters. The van der Waals surface area contributed by atoms with E-state index in [-0.39, 0.29) is 18.0 Å². The molecule has 17 heavy (non-hydrogen) atoms. The third-order valence-electron chi connectivity index (χ3n) is 3.53. The molecule has 2 nitrogen and oxygen atoms in total. The normalized spacial score (nSPS) is 18.2. The fraction of sp³-hybridized carbons (Fsp3) is 0.800. The second-order valence-electron chi connectivity index (χ2n) is 5.69. The first kappa shape index (κ1) is 14.3. The molecule has 0 unspecified atom stereocenters. The Balaban J connectivity index is 2.53. The summed E-state index contributed by atoms with van der Waals surface area (Å²) in [6, 6.07) is 0.553. The second-order valence-corrected chi connectivity index (χ2v) is 5.69. The van der Waals surface area contributed by atoms with Gasteiger partial charge in [0.2, 0.25) is 5.91 Å². The van der Waals surface area contributed by atoms with Gasteiger partial charge >= 0.3 is 0 Å². The van der Waals surface area contributed by atoms with Crippen LogP contribution in [-0.2, 0) is 4.79 Å². The minimum Gasteiger partial charge on any atom is -0.334 e. The van der Waals surface area contributed by atoms with E-state index in [4.69, 9.17) is 0 Å². The molecule has 0 bridgehead atoms. The van der Waals surface area contributed by atoms with Crippen LogP contribution in [0.2, 0.25) is 0 Å². The number of hydrogen-bond acceptors (Lipinski definition) is 1. The average molecular weight is 237 g/mol. The Kier molecular flexibility index (Phi) is 5.73. The van der Waals surface area contributed by atoms with Gasteiger partial charge in [-0.3, -0.25) is 4.79 Å². The fourth-order valence-corrected chi connectivity index (χ4v) is 2.74. The monoisotopic (exact) mass is 237 g/mol. The standard InChI is InChI=1S/C15H27NO/c1-12(2)16(13(3)4)15(17)11-10-14-8-6-5-7-9-14/h10-14H,5-9H2,1-4H3/b11-10+. The number of amides is 1. The summed E-state index contributed by atoms with van der Waals surface area (Å²) >= 11 is 0. The lowest BCUT2D eigenvalue weighted by molar-refractivity contribution is -0.129. The van der Waals surface area contributed by atoms with Gasteiger partial charge in [-0.1, -0.05) is 25.3 Å². The summed E-state index contributed by atoms with van der Waals surface area (Å²) in [6.45, 7) is 8.30. The minimum atomic E-state index is 0.167. The number of carbonyl (C=O) groups excluding carboxylic acids is 1. The van der Waals surface area contributed by atoms with Crippen molar-refractivity contribution < 1.29 is 4.79 Å². The van der Waals surface area contributed by atoms with Gasteiger partial charge in [0, 0.05) is 12.1 Å². The highest BCUT2D eigenvalue weighted by Crippen LogP contribution is 2.24. The van der Waals surface area contributed by atoms with Gasteiger partial charge in [0.05, 0.1) is 0 Å². The molecule has 1 fully saturated rings. The highest BCUT2D eigenvalue weighted by molar-refractivity contribution is 5.88. The van der Waals surface area contributed by atoms with E-state index in [1.807, 2.05) is 4.90 Å². The molecule has 1 aliphatic carbocycles. The first-order chi connectivity index (χ1) is 8.02. The van der Waals surface area contributed by atoms with Gasteiger partial charge in [0.25, 0.3) is 0 Å². The third kappa shape index (κ3) is 4.53. The van der Waals surface area contributed by atoms with Crippen LogP contribution in [0.15, 0.2) is 12.2 Å². The maximum Gasteiger partial charge on any atom is 0.246 e. The molecular formula is C15H27NO. The average Bonchev–Trinajstić information content (AvgIpc) is 2.27. The molecule has 2 heteroatoms. The molecule has 0 spiro atoms. The van der Waals surface area contributed by atoms with Crippen molar-refractivity contribution in [2.75, 3.05) is 0 Å². The zero-order valence-corrected chi connectivity index (χ0v) is 11.8. The molecule has 0 N–H and O–H groups in total. The van der Waals surface area contributed by atoms with E-state index in [0.29, 0.717) is 5.92 Å². The lowest BCUT2D eigenvalue weighted by Crippen LogP contribution is -2.41. The van der Waals surface area contributed by atoms with Crippen molar-refractivity contribution in [1.29, 1.82) is 0 Å². The SMILES string of the molecule is CC(C)N(C(=O)/C=C/C1CCCCC1)C(C)C. The molecule has 0 aliphatic heterocycles. The largest absolute Gasteiger partial charge is 0.334 e. The van der Waals surface area contributed by atoms with Gasteiger partial charge in [-0.25, -0.2) is 0 Å². The van der Waals surface area contributed by atoms with Gasteiger partial charge in [0.15, 0.2) is 0 Å². The van der Waals surface area contributed by atoms with Gasteiger partial charge < -0.3 is 4.90 Å². The van der Waals surface area contributed by atoms with Crippen molar-refractivity contribution in [3.05, 3.63) is 12.2 Å². The van der Waals surface area contributed by atoms with Gasteiger partial charge in [0.1, 0.15) is 0 Å². The lowest BCUT2D eigenvalue weighted by atomic mass is 9.89. The summed E-state index contributed by atoms with van der Waals surface area (Å²) < 4.78 is 0. The molecule has 0 aromatic rings. The Bertz CT molecular complexity index is 254. The van der Waals surface area contributed by atoms with E-state index in [0.717, 1.165) is 0 Å². The van der Waals surface area contributed by atoms with Gasteiger partial charge in [-0.05, 0) is 52.5 Å². The quantitative estimate of drug-likeness (QED) is 0.682. The number of carbonyl (C=O) groups is 1. The van der Waals surface area contributed by atoms with Crippen LogP contribution in [-0.4, -0.2) is 22.9 Å². The molecule has 1 aliphatic rings. The summed E-state index contributed by atoms with van der Waals surface area (Å²) in [7, 11) is 0. The molecule has 98 valence electrons. The Morgan fingerprint density at radius 3 is 2.06 bits per heavy atom. The van der Waals surface area contributed by atoms with Crippen LogP contribution in [0.5, 0.6) is 0 Å². The zero-order chi connectivity index (χ0) is 12.8. The molecule has 0 aromatic heterocycles. The van der Waals surface area contributed by atoms with E-state index in [1.54, 1.807) is 6.08 Å². The molecule has 1 amide bonds. The van der Waals surface area contributed by atoms with Crippen molar-refractivity contribution in [3.63, 3.8) is 0 Å².